The van der Waals surface area contributed by atoms with E-state index in [0.29, 0.717) is 22.0 Å². The van der Waals surface area contributed by atoms with Crippen molar-refractivity contribution in [2.45, 2.75) is 6.61 Å². The molecule has 2 aromatic rings. The Labute approximate surface area is 138 Å². The molecule has 21 heavy (non-hydrogen) atoms. The number of hydrogen-bond donors (Lipinski definition) is 1. The summed E-state index contributed by atoms with van der Waals surface area (Å²) in [6.45, 7) is 0.164. The maximum Gasteiger partial charge on any atom is 0.412 e. The monoisotopic (exact) mass is 411 g/mol. The van der Waals surface area contributed by atoms with Gasteiger partial charge in [-0.25, -0.2) is 4.79 Å². The van der Waals surface area contributed by atoms with E-state index in [9.17, 15) is 9.59 Å². The van der Waals surface area contributed by atoms with Gasteiger partial charge in [0.1, 0.15) is 6.61 Å². The Kier molecular flexibility index (Phi) is 5.52. The number of ether oxygens (including phenoxy) is 1. The van der Waals surface area contributed by atoms with Crippen LogP contribution < -0.4 is 5.32 Å². The Morgan fingerprint density at radius 3 is 2.57 bits per heavy atom. The molecule has 6 heteroatoms. The third-order valence-corrected chi connectivity index (χ3v) is 3.74. The van der Waals surface area contributed by atoms with Gasteiger partial charge >= 0.3 is 6.09 Å². The second-order valence-corrected chi connectivity index (χ2v) is 5.93. The Balaban J connectivity index is 2.04. The van der Waals surface area contributed by atoms with Gasteiger partial charge in [0.25, 0.3) is 0 Å². The summed E-state index contributed by atoms with van der Waals surface area (Å²) in [7, 11) is 0. The fourth-order valence-electron chi connectivity index (χ4n) is 1.68. The van der Waals surface area contributed by atoms with Gasteiger partial charge < -0.3 is 4.74 Å². The van der Waals surface area contributed by atoms with Crippen molar-refractivity contribution in [3.8, 4) is 0 Å². The summed E-state index contributed by atoms with van der Waals surface area (Å²) in [5, 5.41) is 2.57. The lowest BCUT2D eigenvalue weighted by Crippen LogP contribution is -2.15. The molecule has 1 amide bonds. The fourth-order valence-corrected chi connectivity index (χ4v) is 3.04. The van der Waals surface area contributed by atoms with E-state index in [0.717, 1.165) is 10.0 Å². The van der Waals surface area contributed by atoms with Crippen LogP contribution in [0, 0.1) is 0 Å². The Morgan fingerprint density at radius 2 is 1.90 bits per heavy atom. The fraction of sp³-hybridized carbons (Fsp3) is 0.0667. The minimum atomic E-state index is -0.620. The molecule has 108 valence electrons. The van der Waals surface area contributed by atoms with Crippen molar-refractivity contribution in [2.75, 3.05) is 5.32 Å². The summed E-state index contributed by atoms with van der Waals surface area (Å²) in [6.07, 6.45) is 0.0486. The first-order chi connectivity index (χ1) is 10.1. The number of aldehydes is 1. The molecule has 0 radical (unpaired) electrons. The van der Waals surface area contributed by atoms with Crippen LogP contribution in [0.3, 0.4) is 0 Å². The summed E-state index contributed by atoms with van der Waals surface area (Å²) in [5.41, 5.74) is 1.62. The molecule has 0 bridgehead atoms. The zero-order chi connectivity index (χ0) is 15.2. The highest BCUT2D eigenvalue weighted by Gasteiger charge is 2.12. The first-order valence-corrected chi connectivity index (χ1v) is 7.60. The molecular weight excluding hydrogens is 402 g/mol. The van der Waals surface area contributed by atoms with E-state index in [2.05, 4.69) is 37.2 Å². The van der Waals surface area contributed by atoms with Crippen molar-refractivity contribution in [3.05, 3.63) is 62.5 Å². The first kappa shape index (κ1) is 15.7. The lowest BCUT2D eigenvalue weighted by atomic mass is 10.2. The number of benzene rings is 2. The molecule has 0 atom stereocenters. The van der Waals surface area contributed by atoms with Gasteiger partial charge in [-0.3, -0.25) is 10.1 Å². The normalized spacial score (nSPS) is 10.0. The van der Waals surface area contributed by atoms with Gasteiger partial charge in [0.2, 0.25) is 0 Å². The summed E-state index contributed by atoms with van der Waals surface area (Å²) in [5.74, 6) is 0. The second kappa shape index (κ2) is 7.38. The topological polar surface area (TPSA) is 55.4 Å². The predicted octanol–water partition coefficient (Wildman–Crippen LogP) is 4.77. The van der Waals surface area contributed by atoms with Crippen molar-refractivity contribution in [3.63, 3.8) is 0 Å². The Morgan fingerprint density at radius 1 is 1.19 bits per heavy atom. The van der Waals surface area contributed by atoms with Gasteiger partial charge in [-0.15, -0.1) is 0 Å². The number of amides is 1. The number of carbonyl (C=O) groups is 2. The zero-order valence-electron chi connectivity index (χ0n) is 10.8. The van der Waals surface area contributed by atoms with Gasteiger partial charge in [0.05, 0.1) is 5.69 Å². The maximum absolute atomic E-state index is 11.8. The molecule has 0 unspecified atom stereocenters. The van der Waals surface area contributed by atoms with E-state index in [4.69, 9.17) is 4.74 Å². The molecule has 0 aliphatic carbocycles. The van der Waals surface area contributed by atoms with E-state index in [1.165, 1.54) is 0 Å². The highest BCUT2D eigenvalue weighted by atomic mass is 79.9. The number of nitrogens with one attached hydrogen (secondary N) is 1. The van der Waals surface area contributed by atoms with Crippen molar-refractivity contribution in [1.82, 2.24) is 0 Å². The van der Waals surface area contributed by atoms with Crippen molar-refractivity contribution < 1.29 is 14.3 Å². The highest BCUT2D eigenvalue weighted by molar-refractivity contribution is 9.11. The molecule has 0 aliphatic rings. The van der Waals surface area contributed by atoms with Crippen molar-refractivity contribution >= 4 is 49.9 Å². The van der Waals surface area contributed by atoms with Crippen LogP contribution in [0.4, 0.5) is 10.5 Å². The van der Waals surface area contributed by atoms with Gasteiger partial charge in [0.15, 0.2) is 6.29 Å². The van der Waals surface area contributed by atoms with Crippen LogP contribution in [0.2, 0.25) is 0 Å². The smallest absolute Gasteiger partial charge is 0.412 e. The minimum absolute atomic E-state index is 0.164. The third-order valence-electron chi connectivity index (χ3n) is 2.65. The molecule has 0 spiro atoms. The quantitative estimate of drug-likeness (QED) is 0.735. The van der Waals surface area contributed by atoms with Gasteiger partial charge in [0, 0.05) is 14.5 Å². The minimum Gasteiger partial charge on any atom is -0.444 e. The van der Waals surface area contributed by atoms with Crippen molar-refractivity contribution in [2.24, 2.45) is 0 Å². The Hall–Kier alpha value is -1.66. The average molecular weight is 413 g/mol. The van der Waals surface area contributed by atoms with E-state index < -0.39 is 6.09 Å². The molecule has 2 aromatic carbocycles. The largest absolute Gasteiger partial charge is 0.444 e. The van der Waals surface area contributed by atoms with Crippen molar-refractivity contribution in [1.29, 1.82) is 0 Å². The molecule has 0 aliphatic heterocycles. The summed E-state index contributed by atoms with van der Waals surface area (Å²) >= 11 is 6.59. The van der Waals surface area contributed by atoms with Gasteiger partial charge in [-0.05, 0) is 33.6 Å². The molecule has 2 rings (SSSR count). The number of rotatable bonds is 4. The van der Waals surface area contributed by atoms with Gasteiger partial charge in [-0.1, -0.05) is 46.3 Å². The van der Waals surface area contributed by atoms with E-state index in [1.807, 2.05) is 30.3 Å². The standard InChI is InChI=1S/C15H11Br2NO3/c16-12-6-11(8-19)14(13(17)7-12)18-15(20)21-9-10-4-2-1-3-5-10/h1-8H,9H2,(H,18,20). The summed E-state index contributed by atoms with van der Waals surface area (Å²) < 4.78 is 6.45. The van der Waals surface area contributed by atoms with Crippen LogP contribution in [-0.4, -0.2) is 12.4 Å². The number of halogens is 2. The predicted molar refractivity (Wildman–Crippen MR) is 87.5 cm³/mol. The molecule has 0 saturated carbocycles. The zero-order valence-corrected chi connectivity index (χ0v) is 14.0. The molecule has 1 N–H and O–H groups in total. The molecule has 0 saturated heterocycles. The number of carbonyl (C=O) groups excluding carboxylic acids is 2. The van der Waals surface area contributed by atoms with Crippen LogP contribution in [0.1, 0.15) is 15.9 Å². The van der Waals surface area contributed by atoms with Crippen LogP contribution in [0.5, 0.6) is 0 Å². The summed E-state index contributed by atoms with van der Waals surface area (Å²) in [6, 6.07) is 12.7. The lowest BCUT2D eigenvalue weighted by Gasteiger charge is -2.11. The first-order valence-electron chi connectivity index (χ1n) is 6.02. The summed E-state index contributed by atoms with van der Waals surface area (Å²) in [4.78, 5) is 22.9. The lowest BCUT2D eigenvalue weighted by molar-refractivity contribution is 0.112. The Bertz CT molecular complexity index is 659. The number of hydrogen-bond acceptors (Lipinski definition) is 3. The molecular formula is C15H11Br2NO3. The third kappa shape index (κ3) is 4.41. The van der Waals surface area contributed by atoms with Crippen LogP contribution >= 0.6 is 31.9 Å². The van der Waals surface area contributed by atoms with Crippen LogP contribution in [-0.2, 0) is 11.3 Å². The SMILES string of the molecule is O=Cc1cc(Br)cc(Br)c1NC(=O)OCc1ccccc1. The highest BCUT2D eigenvalue weighted by Crippen LogP contribution is 2.30. The maximum atomic E-state index is 11.8. The molecule has 4 nitrogen and oxygen atoms in total. The van der Waals surface area contributed by atoms with E-state index in [1.54, 1.807) is 12.1 Å². The van der Waals surface area contributed by atoms with Crippen LogP contribution in [0.15, 0.2) is 51.4 Å². The average Bonchev–Trinajstić information content (AvgIpc) is 2.48. The molecule has 0 aromatic heterocycles. The molecule has 0 fully saturated rings. The molecule has 0 heterocycles. The van der Waals surface area contributed by atoms with E-state index in [-0.39, 0.29) is 6.61 Å². The van der Waals surface area contributed by atoms with Crippen LogP contribution in [0.25, 0.3) is 0 Å². The van der Waals surface area contributed by atoms with E-state index >= 15 is 0 Å². The van der Waals surface area contributed by atoms with Gasteiger partial charge in [-0.2, -0.15) is 0 Å². The second-order valence-electron chi connectivity index (χ2n) is 4.16. The number of anilines is 1.